The Morgan fingerprint density at radius 2 is 2.27 bits per heavy atom. The van der Waals surface area contributed by atoms with Gasteiger partial charge in [-0.05, 0) is 31.5 Å². The number of nitriles is 1. The number of benzene rings is 1. The summed E-state index contributed by atoms with van der Waals surface area (Å²) in [5.41, 5.74) is 1.33. The summed E-state index contributed by atoms with van der Waals surface area (Å²) in [4.78, 5) is 11.5. The number of rotatable bonds is 3. The molecule has 0 saturated carbocycles. The van der Waals surface area contributed by atoms with Crippen molar-refractivity contribution < 1.29 is 9.53 Å². The van der Waals surface area contributed by atoms with E-state index in [2.05, 4.69) is 0 Å². The molecule has 0 aliphatic carbocycles. The van der Waals surface area contributed by atoms with E-state index in [1.54, 1.807) is 32.0 Å². The molecule has 0 aliphatic rings. The molecule has 15 heavy (non-hydrogen) atoms. The van der Waals surface area contributed by atoms with Gasteiger partial charge < -0.3 is 4.74 Å². The van der Waals surface area contributed by atoms with Crippen molar-refractivity contribution in [3.8, 4) is 6.07 Å². The molecule has 78 valence electrons. The Morgan fingerprint density at radius 1 is 1.53 bits per heavy atom. The first-order valence-corrected chi connectivity index (χ1v) is 4.80. The van der Waals surface area contributed by atoms with Crippen molar-refractivity contribution in [2.24, 2.45) is 0 Å². The van der Waals surface area contributed by atoms with Crippen molar-refractivity contribution in [2.45, 2.75) is 26.4 Å². The number of esters is 1. The molecule has 1 aromatic carbocycles. The second-order valence-electron chi connectivity index (χ2n) is 3.49. The van der Waals surface area contributed by atoms with Crippen molar-refractivity contribution in [3.63, 3.8) is 0 Å². The Labute approximate surface area is 89.3 Å². The predicted octanol–water partition coefficient (Wildman–Crippen LogP) is 2.32. The summed E-state index contributed by atoms with van der Waals surface area (Å²) in [6, 6.07) is 8.98. The van der Waals surface area contributed by atoms with Gasteiger partial charge >= 0.3 is 5.97 Å². The van der Waals surface area contributed by atoms with Crippen LogP contribution in [0.15, 0.2) is 24.3 Å². The van der Waals surface area contributed by atoms with Crippen molar-refractivity contribution in [2.75, 3.05) is 0 Å². The van der Waals surface area contributed by atoms with Gasteiger partial charge in [-0.1, -0.05) is 12.1 Å². The highest BCUT2D eigenvalue weighted by Gasteiger charge is 2.08. The van der Waals surface area contributed by atoms with E-state index in [4.69, 9.17) is 10.00 Å². The Kier molecular flexibility index (Phi) is 3.87. The van der Waals surface area contributed by atoms with Gasteiger partial charge in [0.1, 0.15) is 0 Å². The van der Waals surface area contributed by atoms with E-state index >= 15 is 0 Å². The lowest BCUT2D eigenvalue weighted by Gasteiger charge is -2.08. The molecule has 0 heterocycles. The number of ether oxygens (including phenoxy) is 1. The maximum absolute atomic E-state index is 11.5. The topological polar surface area (TPSA) is 50.1 Å². The summed E-state index contributed by atoms with van der Waals surface area (Å²) in [6.07, 6.45) is 0.181. The zero-order valence-corrected chi connectivity index (χ0v) is 8.86. The molecule has 0 aliphatic heterocycles. The molecular formula is C12H13NO2. The zero-order valence-electron chi connectivity index (χ0n) is 8.86. The first kappa shape index (κ1) is 11.3. The normalized spacial score (nSPS) is 9.73. The van der Waals surface area contributed by atoms with Gasteiger partial charge in [-0.15, -0.1) is 0 Å². The van der Waals surface area contributed by atoms with Gasteiger partial charge in [-0.3, -0.25) is 0 Å². The first-order chi connectivity index (χ1) is 7.13. The van der Waals surface area contributed by atoms with E-state index in [1.165, 1.54) is 0 Å². The van der Waals surface area contributed by atoms with Gasteiger partial charge in [0.15, 0.2) is 0 Å². The summed E-state index contributed by atoms with van der Waals surface area (Å²) in [6.45, 7) is 3.61. The summed E-state index contributed by atoms with van der Waals surface area (Å²) >= 11 is 0. The molecule has 1 aromatic rings. The molecule has 3 nitrogen and oxygen atoms in total. The second kappa shape index (κ2) is 5.16. The number of hydrogen-bond donors (Lipinski definition) is 0. The lowest BCUT2D eigenvalue weighted by atomic mass is 10.1. The number of hydrogen-bond acceptors (Lipinski definition) is 3. The van der Waals surface area contributed by atoms with E-state index in [0.717, 1.165) is 5.56 Å². The zero-order chi connectivity index (χ0) is 11.3. The first-order valence-electron chi connectivity index (χ1n) is 4.80. The van der Waals surface area contributed by atoms with E-state index in [0.29, 0.717) is 12.0 Å². The van der Waals surface area contributed by atoms with Crippen LogP contribution >= 0.6 is 0 Å². The summed E-state index contributed by atoms with van der Waals surface area (Å²) < 4.78 is 5.05. The lowest BCUT2D eigenvalue weighted by molar-refractivity contribution is 0.0378. The average molecular weight is 203 g/mol. The molecule has 0 unspecified atom stereocenters. The molecule has 0 saturated heterocycles. The molecule has 0 amide bonds. The van der Waals surface area contributed by atoms with Gasteiger partial charge in [-0.2, -0.15) is 5.26 Å². The lowest BCUT2D eigenvalue weighted by Crippen LogP contribution is -2.11. The van der Waals surface area contributed by atoms with Crippen molar-refractivity contribution >= 4 is 5.97 Å². The molecule has 0 atom stereocenters. The Morgan fingerprint density at radius 3 is 2.87 bits per heavy atom. The number of carbonyl (C=O) groups is 1. The second-order valence-corrected chi connectivity index (χ2v) is 3.49. The third-order valence-corrected chi connectivity index (χ3v) is 1.79. The summed E-state index contributed by atoms with van der Waals surface area (Å²) in [5, 5.41) is 8.53. The molecular weight excluding hydrogens is 190 g/mol. The maximum atomic E-state index is 11.5. The molecule has 1 rings (SSSR count). The Bertz CT molecular complexity index is 391. The third kappa shape index (κ3) is 3.43. The highest BCUT2D eigenvalue weighted by atomic mass is 16.5. The smallest absolute Gasteiger partial charge is 0.338 e. The van der Waals surface area contributed by atoms with Crippen LogP contribution in [0.2, 0.25) is 0 Å². The third-order valence-electron chi connectivity index (χ3n) is 1.79. The highest BCUT2D eigenvalue weighted by Crippen LogP contribution is 2.08. The molecule has 0 bridgehead atoms. The standard InChI is InChI=1S/C12H13NO2/c1-9(2)15-12(14)11-5-3-4-10(8-11)6-7-13/h3-5,8-9H,6H2,1-2H3. The van der Waals surface area contributed by atoms with Gasteiger partial charge in [0.05, 0.1) is 24.2 Å². The molecule has 0 radical (unpaired) electrons. The SMILES string of the molecule is CC(C)OC(=O)c1cccc(CC#N)c1. The minimum absolute atomic E-state index is 0.128. The summed E-state index contributed by atoms with van der Waals surface area (Å²) in [5.74, 6) is -0.343. The van der Waals surface area contributed by atoms with E-state index in [9.17, 15) is 4.79 Å². The van der Waals surface area contributed by atoms with E-state index in [1.807, 2.05) is 12.1 Å². The fourth-order valence-electron chi connectivity index (χ4n) is 1.18. The Balaban J connectivity index is 2.81. The van der Waals surface area contributed by atoms with Crippen molar-refractivity contribution in [3.05, 3.63) is 35.4 Å². The fraction of sp³-hybridized carbons (Fsp3) is 0.333. The molecule has 0 aromatic heterocycles. The highest BCUT2D eigenvalue weighted by molar-refractivity contribution is 5.89. The van der Waals surface area contributed by atoms with Crippen LogP contribution in [0, 0.1) is 11.3 Å². The van der Waals surface area contributed by atoms with Crippen LogP contribution in [0.3, 0.4) is 0 Å². The van der Waals surface area contributed by atoms with Crippen LogP contribution in [-0.2, 0) is 11.2 Å². The van der Waals surface area contributed by atoms with Gasteiger partial charge in [0, 0.05) is 0 Å². The largest absolute Gasteiger partial charge is 0.459 e. The van der Waals surface area contributed by atoms with E-state index in [-0.39, 0.29) is 12.1 Å². The molecule has 0 spiro atoms. The maximum Gasteiger partial charge on any atom is 0.338 e. The van der Waals surface area contributed by atoms with Crippen LogP contribution in [0.25, 0.3) is 0 Å². The minimum Gasteiger partial charge on any atom is -0.459 e. The molecule has 0 fully saturated rings. The van der Waals surface area contributed by atoms with Crippen LogP contribution < -0.4 is 0 Å². The molecule has 3 heteroatoms. The minimum atomic E-state index is -0.343. The Hall–Kier alpha value is -1.82. The monoisotopic (exact) mass is 203 g/mol. The van der Waals surface area contributed by atoms with Gasteiger partial charge in [0.2, 0.25) is 0 Å². The number of nitrogens with zero attached hydrogens (tertiary/aromatic N) is 1. The van der Waals surface area contributed by atoms with Crippen molar-refractivity contribution in [1.29, 1.82) is 5.26 Å². The fourth-order valence-corrected chi connectivity index (χ4v) is 1.18. The predicted molar refractivity (Wildman–Crippen MR) is 56.3 cm³/mol. The van der Waals surface area contributed by atoms with Crippen LogP contribution in [0.4, 0.5) is 0 Å². The summed E-state index contributed by atoms with van der Waals surface area (Å²) in [7, 11) is 0. The van der Waals surface area contributed by atoms with Gasteiger partial charge in [-0.25, -0.2) is 4.79 Å². The van der Waals surface area contributed by atoms with Gasteiger partial charge in [0.25, 0.3) is 0 Å². The van der Waals surface area contributed by atoms with Crippen LogP contribution in [0.1, 0.15) is 29.8 Å². The van der Waals surface area contributed by atoms with Crippen LogP contribution in [-0.4, -0.2) is 12.1 Å². The van der Waals surface area contributed by atoms with E-state index < -0.39 is 0 Å². The quantitative estimate of drug-likeness (QED) is 0.708. The average Bonchev–Trinajstić information content (AvgIpc) is 2.17. The van der Waals surface area contributed by atoms with Crippen molar-refractivity contribution in [1.82, 2.24) is 0 Å². The van der Waals surface area contributed by atoms with Crippen LogP contribution in [0.5, 0.6) is 0 Å². The molecule has 0 N–H and O–H groups in total. The number of carbonyl (C=O) groups excluding carboxylic acids is 1.